The minimum Gasteiger partial charge on any atom is -0.495 e. The van der Waals surface area contributed by atoms with Gasteiger partial charge in [0.1, 0.15) is 11.5 Å². The second-order valence-corrected chi connectivity index (χ2v) is 5.80. The highest BCUT2D eigenvalue weighted by Gasteiger charge is 2.25. The van der Waals surface area contributed by atoms with E-state index in [0.717, 1.165) is 35.9 Å². The lowest BCUT2D eigenvalue weighted by Gasteiger charge is -2.36. The van der Waals surface area contributed by atoms with Crippen molar-refractivity contribution in [1.82, 2.24) is 4.90 Å². The second kappa shape index (κ2) is 6.36. The van der Waals surface area contributed by atoms with Crippen LogP contribution in [0.1, 0.15) is 21.9 Å². The zero-order valence-corrected chi connectivity index (χ0v) is 13.8. The maximum atomic E-state index is 12.5. The van der Waals surface area contributed by atoms with Crippen molar-refractivity contribution in [2.45, 2.75) is 13.8 Å². The van der Waals surface area contributed by atoms with Gasteiger partial charge in [-0.05, 0) is 37.6 Å². The smallest absolute Gasteiger partial charge is 0.289 e. The molecule has 2 heterocycles. The monoisotopic (exact) mass is 314 g/mol. The van der Waals surface area contributed by atoms with E-state index in [1.807, 2.05) is 43.0 Å². The van der Waals surface area contributed by atoms with Gasteiger partial charge in [0.25, 0.3) is 5.91 Å². The fourth-order valence-electron chi connectivity index (χ4n) is 2.88. The number of rotatable bonds is 3. The molecular weight excluding hydrogens is 292 g/mol. The van der Waals surface area contributed by atoms with Gasteiger partial charge in [-0.2, -0.15) is 0 Å². The van der Waals surface area contributed by atoms with Crippen molar-refractivity contribution < 1.29 is 13.9 Å². The number of carbonyl (C=O) groups excluding carboxylic acids is 1. The van der Waals surface area contributed by atoms with Crippen LogP contribution in [0.25, 0.3) is 0 Å². The number of aryl methyl sites for hydroxylation is 2. The lowest BCUT2D eigenvalue weighted by molar-refractivity contribution is 0.0713. The third-order valence-corrected chi connectivity index (χ3v) is 4.37. The topological polar surface area (TPSA) is 45.9 Å². The Morgan fingerprint density at radius 2 is 1.83 bits per heavy atom. The van der Waals surface area contributed by atoms with E-state index < -0.39 is 0 Å². The van der Waals surface area contributed by atoms with Crippen LogP contribution in [0.15, 0.2) is 34.7 Å². The molecule has 1 aliphatic rings. The molecule has 3 rings (SSSR count). The number of furan rings is 1. The normalized spacial score (nSPS) is 14.9. The van der Waals surface area contributed by atoms with Gasteiger partial charge in [-0.15, -0.1) is 0 Å². The fourth-order valence-corrected chi connectivity index (χ4v) is 2.88. The Morgan fingerprint density at radius 3 is 2.43 bits per heavy atom. The van der Waals surface area contributed by atoms with Crippen LogP contribution in [0.2, 0.25) is 0 Å². The van der Waals surface area contributed by atoms with E-state index in [2.05, 4.69) is 11.0 Å². The Balaban J connectivity index is 1.67. The third kappa shape index (κ3) is 3.04. The highest BCUT2D eigenvalue weighted by Crippen LogP contribution is 2.28. The van der Waals surface area contributed by atoms with E-state index in [1.165, 1.54) is 0 Å². The Morgan fingerprint density at radius 1 is 1.13 bits per heavy atom. The maximum Gasteiger partial charge on any atom is 0.289 e. The van der Waals surface area contributed by atoms with Crippen molar-refractivity contribution in [3.63, 3.8) is 0 Å². The molecule has 0 N–H and O–H groups in total. The standard InChI is InChI=1S/C18H22N2O3/c1-13-12-17(23-14(13)2)18(21)20-10-8-19(9-11-20)15-6-4-5-7-16(15)22-3/h4-7,12H,8-11H2,1-3H3. The number of carbonyl (C=O) groups is 1. The summed E-state index contributed by atoms with van der Waals surface area (Å²) in [5.41, 5.74) is 2.09. The summed E-state index contributed by atoms with van der Waals surface area (Å²) in [5.74, 6) is 2.08. The average Bonchev–Trinajstić information content (AvgIpc) is 2.93. The predicted octanol–water partition coefficient (Wildman–Crippen LogP) is 2.87. The minimum absolute atomic E-state index is 0.0270. The molecule has 0 saturated carbocycles. The predicted molar refractivity (Wildman–Crippen MR) is 89.3 cm³/mol. The van der Waals surface area contributed by atoms with Crippen molar-refractivity contribution >= 4 is 11.6 Å². The summed E-state index contributed by atoms with van der Waals surface area (Å²) in [6.07, 6.45) is 0. The molecule has 5 nitrogen and oxygen atoms in total. The Bertz CT molecular complexity index is 681. The van der Waals surface area contributed by atoms with Crippen LogP contribution in [0.4, 0.5) is 5.69 Å². The SMILES string of the molecule is COc1ccccc1N1CCN(C(=O)c2cc(C)c(C)o2)CC1. The number of amides is 1. The first-order chi connectivity index (χ1) is 11.1. The van der Waals surface area contributed by atoms with Crippen LogP contribution < -0.4 is 9.64 Å². The van der Waals surface area contributed by atoms with Gasteiger partial charge in [0, 0.05) is 26.2 Å². The first-order valence-corrected chi connectivity index (χ1v) is 7.84. The summed E-state index contributed by atoms with van der Waals surface area (Å²) in [6.45, 7) is 6.75. The number of para-hydroxylation sites is 2. The Labute approximate surface area is 136 Å². The summed E-state index contributed by atoms with van der Waals surface area (Å²) < 4.78 is 11.0. The summed E-state index contributed by atoms with van der Waals surface area (Å²) in [6, 6.07) is 9.80. The quantitative estimate of drug-likeness (QED) is 0.874. The number of hydrogen-bond donors (Lipinski definition) is 0. The molecule has 1 fully saturated rings. The van der Waals surface area contributed by atoms with Crippen molar-refractivity contribution in [2.24, 2.45) is 0 Å². The number of methoxy groups -OCH3 is 1. The first kappa shape index (κ1) is 15.5. The first-order valence-electron chi connectivity index (χ1n) is 7.84. The zero-order valence-electron chi connectivity index (χ0n) is 13.8. The van der Waals surface area contributed by atoms with Crippen LogP contribution in [0.5, 0.6) is 5.75 Å². The summed E-state index contributed by atoms with van der Waals surface area (Å²) in [4.78, 5) is 16.6. The molecule has 122 valence electrons. The molecule has 0 spiro atoms. The number of piperazine rings is 1. The maximum absolute atomic E-state index is 12.5. The highest BCUT2D eigenvalue weighted by molar-refractivity contribution is 5.92. The van der Waals surface area contributed by atoms with E-state index in [9.17, 15) is 4.79 Å². The number of benzene rings is 1. The van der Waals surface area contributed by atoms with Crippen molar-refractivity contribution in [1.29, 1.82) is 0 Å². The molecule has 0 bridgehead atoms. The van der Waals surface area contributed by atoms with E-state index in [1.54, 1.807) is 7.11 Å². The van der Waals surface area contributed by atoms with Crippen molar-refractivity contribution in [3.8, 4) is 5.75 Å². The molecule has 0 atom stereocenters. The van der Waals surface area contributed by atoms with Crippen LogP contribution in [0, 0.1) is 13.8 Å². The van der Waals surface area contributed by atoms with Crippen molar-refractivity contribution in [2.75, 3.05) is 38.2 Å². The van der Waals surface area contributed by atoms with Gasteiger partial charge in [0.15, 0.2) is 5.76 Å². The second-order valence-electron chi connectivity index (χ2n) is 5.80. The Kier molecular flexibility index (Phi) is 4.28. The van der Waals surface area contributed by atoms with E-state index in [-0.39, 0.29) is 5.91 Å². The van der Waals surface area contributed by atoms with Gasteiger partial charge < -0.3 is 19.0 Å². The lowest BCUT2D eigenvalue weighted by atomic mass is 10.2. The van der Waals surface area contributed by atoms with Gasteiger partial charge in [0.05, 0.1) is 12.8 Å². The molecule has 23 heavy (non-hydrogen) atoms. The highest BCUT2D eigenvalue weighted by atomic mass is 16.5. The van der Waals surface area contributed by atoms with Gasteiger partial charge in [-0.1, -0.05) is 12.1 Å². The number of anilines is 1. The largest absolute Gasteiger partial charge is 0.495 e. The van der Waals surface area contributed by atoms with Crippen LogP contribution in [-0.2, 0) is 0 Å². The molecular formula is C18H22N2O3. The fraction of sp³-hybridized carbons (Fsp3) is 0.389. The molecule has 0 aliphatic carbocycles. The summed E-state index contributed by atoms with van der Waals surface area (Å²) >= 11 is 0. The summed E-state index contributed by atoms with van der Waals surface area (Å²) in [5, 5.41) is 0. The van der Waals surface area contributed by atoms with E-state index >= 15 is 0 Å². The van der Waals surface area contributed by atoms with Crippen LogP contribution in [0.3, 0.4) is 0 Å². The molecule has 1 aromatic carbocycles. The van der Waals surface area contributed by atoms with Gasteiger partial charge in [-0.3, -0.25) is 4.79 Å². The minimum atomic E-state index is -0.0270. The molecule has 1 amide bonds. The average molecular weight is 314 g/mol. The molecule has 1 aliphatic heterocycles. The number of nitrogens with zero attached hydrogens (tertiary/aromatic N) is 2. The van der Waals surface area contributed by atoms with Gasteiger partial charge in [-0.25, -0.2) is 0 Å². The number of ether oxygens (including phenoxy) is 1. The Hall–Kier alpha value is -2.43. The molecule has 1 saturated heterocycles. The van der Waals surface area contributed by atoms with Crippen molar-refractivity contribution in [3.05, 3.63) is 47.4 Å². The molecule has 1 aromatic heterocycles. The van der Waals surface area contributed by atoms with Gasteiger partial charge >= 0.3 is 0 Å². The van der Waals surface area contributed by atoms with E-state index in [0.29, 0.717) is 18.8 Å². The lowest BCUT2D eigenvalue weighted by Crippen LogP contribution is -2.48. The van der Waals surface area contributed by atoms with Crippen LogP contribution in [-0.4, -0.2) is 44.1 Å². The number of hydrogen-bond acceptors (Lipinski definition) is 4. The van der Waals surface area contributed by atoms with Crippen LogP contribution >= 0.6 is 0 Å². The summed E-state index contributed by atoms with van der Waals surface area (Å²) in [7, 11) is 1.68. The third-order valence-electron chi connectivity index (χ3n) is 4.37. The zero-order chi connectivity index (χ0) is 16.4. The van der Waals surface area contributed by atoms with E-state index in [4.69, 9.17) is 9.15 Å². The van der Waals surface area contributed by atoms with Gasteiger partial charge in [0.2, 0.25) is 0 Å². The molecule has 5 heteroatoms. The molecule has 2 aromatic rings. The molecule has 0 unspecified atom stereocenters. The molecule has 0 radical (unpaired) electrons.